The summed E-state index contributed by atoms with van der Waals surface area (Å²) in [6.45, 7) is -0.387. The number of carbonyl (C=O) groups excluding carboxylic acids is 1. The highest BCUT2D eigenvalue weighted by Gasteiger charge is 2.36. The van der Waals surface area contributed by atoms with E-state index >= 15 is 0 Å². The van der Waals surface area contributed by atoms with E-state index in [1.165, 1.54) is 37.7 Å². The zero-order valence-electron chi connectivity index (χ0n) is 16.8. The van der Waals surface area contributed by atoms with E-state index in [9.17, 15) is 18.0 Å². The number of hydrogen-bond donors (Lipinski definition) is 0. The molecule has 1 aliphatic rings. The molecule has 10 nitrogen and oxygen atoms in total. The lowest BCUT2D eigenvalue weighted by atomic mass is 10.1. The molecular formula is C20H20N4O6S. The normalized spacial score (nSPS) is 16.7. The summed E-state index contributed by atoms with van der Waals surface area (Å²) in [5.41, 5.74) is 0.0612. The molecule has 3 aromatic rings. The van der Waals surface area contributed by atoms with Crippen molar-refractivity contribution < 1.29 is 22.0 Å². The summed E-state index contributed by atoms with van der Waals surface area (Å²) in [4.78, 5) is 25.3. The Morgan fingerprint density at radius 3 is 2.55 bits per heavy atom. The van der Waals surface area contributed by atoms with E-state index in [4.69, 9.17) is 8.83 Å². The Bertz CT molecular complexity index is 1270. The van der Waals surface area contributed by atoms with Crippen molar-refractivity contribution in [3.05, 3.63) is 77.0 Å². The predicted molar refractivity (Wildman–Crippen MR) is 110 cm³/mol. The number of nitrogens with zero attached hydrogens (tertiary/aromatic N) is 4. The van der Waals surface area contributed by atoms with Crippen molar-refractivity contribution in [2.75, 3.05) is 14.1 Å². The lowest BCUT2D eigenvalue weighted by molar-refractivity contribution is -0.134. The lowest BCUT2D eigenvalue weighted by Gasteiger charge is -2.20. The number of hydrazone groups is 1. The summed E-state index contributed by atoms with van der Waals surface area (Å²) < 4.78 is 37.7. The summed E-state index contributed by atoms with van der Waals surface area (Å²) in [5, 5.41) is 5.64. The smallest absolute Gasteiger partial charge is 0.263 e. The van der Waals surface area contributed by atoms with Crippen LogP contribution in [0, 0.1) is 0 Å². The van der Waals surface area contributed by atoms with Gasteiger partial charge in [-0.2, -0.15) is 5.10 Å². The maximum absolute atomic E-state index is 13.1. The highest BCUT2D eigenvalue weighted by Crippen LogP contribution is 2.33. The SMILES string of the molecule is CN(C)S(=O)(=O)c1ccc(=O)n(CC(=O)N2N=C(c3ccco3)C[C@@H]2c2ccco2)c1. The van der Waals surface area contributed by atoms with Crippen molar-refractivity contribution in [2.45, 2.75) is 23.9 Å². The molecule has 1 atom stereocenters. The van der Waals surface area contributed by atoms with Gasteiger partial charge in [0.25, 0.3) is 11.5 Å². The second-order valence-corrected chi connectivity index (χ2v) is 9.27. The molecule has 0 radical (unpaired) electrons. The quantitative estimate of drug-likeness (QED) is 0.571. The molecule has 0 aliphatic carbocycles. The first-order valence-electron chi connectivity index (χ1n) is 9.37. The molecule has 162 valence electrons. The fourth-order valence-corrected chi connectivity index (χ4v) is 4.17. The van der Waals surface area contributed by atoms with Gasteiger partial charge < -0.3 is 13.4 Å². The number of furan rings is 2. The Morgan fingerprint density at radius 2 is 1.90 bits per heavy atom. The molecule has 31 heavy (non-hydrogen) atoms. The molecule has 0 aromatic carbocycles. The third-order valence-electron chi connectivity index (χ3n) is 4.88. The minimum absolute atomic E-state index is 0.0892. The van der Waals surface area contributed by atoms with Crippen LogP contribution in [-0.4, -0.2) is 48.0 Å². The summed E-state index contributed by atoms with van der Waals surface area (Å²) in [5.74, 6) is 0.572. The van der Waals surface area contributed by atoms with Crippen LogP contribution in [0.1, 0.15) is 24.0 Å². The van der Waals surface area contributed by atoms with E-state index in [2.05, 4.69) is 5.10 Å². The first-order valence-corrected chi connectivity index (χ1v) is 10.8. The molecule has 0 saturated heterocycles. The van der Waals surface area contributed by atoms with Gasteiger partial charge >= 0.3 is 0 Å². The van der Waals surface area contributed by atoms with E-state index in [0.717, 1.165) is 21.1 Å². The molecule has 0 bridgehead atoms. The molecule has 0 spiro atoms. The Kier molecular flexibility index (Phi) is 5.38. The topological polar surface area (TPSA) is 118 Å². The van der Waals surface area contributed by atoms with Gasteiger partial charge in [0.15, 0.2) is 0 Å². The third-order valence-corrected chi connectivity index (χ3v) is 6.68. The van der Waals surface area contributed by atoms with E-state index in [1.54, 1.807) is 24.3 Å². The number of sulfonamides is 1. The van der Waals surface area contributed by atoms with Crippen LogP contribution >= 0.6 is 0 Å². The van der Waals surface area contributed by atoms with Crippen LogP contribution in [0.25, 0.3) is 0 Å². The maximum atomic E-state index is 13.1. The Balaban J connectivity index is 1.66. The van der Waals surface area contributed by atoms with Crippen molar-refractivity contribution in [1.82, 2.24) is 13.9 Å². The number of amides is 1. The van der Waals surface area contributed by atoms with E-state index in [-0.39, 0.29) is 11.4 Å². The zero-order valence-corrected chi connectivity index (χ0v) is 17.7. The van der Waals surface area contributed by atoms with Gasteiger partial charge in [0.2, 0.25) is 10.0 Å². The van der Waals surface area contributed by atoms with Gasteiger partial charge in [-0.15, -0.1) is 0 Å². The van der Waals surface area contributed by atoms with E-state index in [1.807, 2.05) is 0 Å². The molecule has 0 N–H and O–H groups in total. The number of rotatable bonds is 6. The van der Waals surface area contributed by atoms with Crippen LogP contribution in [0.5, 0.6) is 0 Å². The lowest BCUT2D eigenvalue weighted by Crippen LogP contribution is -2.34. The molecule has 1 amide bonds. The zero-order chi connectivity index (χ0) is 22.2. The fraction of sp³-hybridized carbons (Fsp3) is 0.250. The number of carbonyl (C=O) groups is 1. The number of pyridine rings is 1. The van der Waals surface area contributed by atoms with E-state index < -0.39 is 27.5 Å². The molecule has 4 rings (SSSR count). The first-order chi connectivity index (χ1) is 14.8. The molecular weight excluding hydrogens is 424 g/mol. The van der Waals surface area contributed by atoms with Crippen molar-refractivity contribution in [3.63, 3.8) is 0 Å². The average Bonchev–Trinajstić information content (AvgIpc) is 3.49. The van der Waals surface area contributed by atoms with Crippen molar-refractivity contribution in [3.8, 4) is 0 Å². The van der Waals surface area contributed by atoms with Gasteiger partial charge in [0.1, 0.15) is 29.8 Å². The Hall–Kier alpha value is -3.44. The van der Waals surface area contributed by atoms with Crippen LogP contribution in [0.15, 0.2) is 78.7 Å². The molecule has 11 heteroatoms. The van der Waals surface area contributed by atoms with Crippen molar-refractivity contribution in [1.29, 1.82) is 0 Å². The van der Waals surface area contributed by atoms with Gasteiger partial charge in [-0.3, -0.25) is 9.59 Å². The van der Waals surface area contributed by atoms with Crippen LogP contribution in [-0.2, 0) is 21.4 Å². The molecule has 0 saturated carbocycles. The van der Waals surface area contributed by atoms with Gasteiger partial charge in [-0.1, -0.05) is 0 Å². The van der Waals surface area contributed by atoms with Gasteiger partial charge in [0.05, 0.1) is 17.4 Å². The molecule has 0 fully saturated rings. The second kappa shape index (κ2) is 8.00. The third kappa shape index (κ3) is 3.97. The minimum Gasteiger partial charge on any atom is -0.467 e. The maximum Gasteiger partial charge on any atom is 0.263 e. The Labute approximate surface area is 178 Å². The van der Waals surface area contributed by atoms with Gasteiger partial charge in [0, 0.05) is 32.8 Å². The molecule has 4 heterocycles. The summed E-state index contributed by atoms with van der Waals surface area (Å²) >= 11 is 0. The second-order valence-electron chi connectivity index (χ2n) is 7.12. The summed E-state index contributed by atoms with van der Waals surface area (Å²) in [6, 6.07) is 8.74. The molecule has 1 aliphatic heterocycles. The van der Waals surface area contributed by atoms with Gasteiger partial charge in [-0.05, 0) is 30.3 Å². The van der Waals surface area contributed by atoms with Crippen LogP contribution in [0.2, 0.25) is 0 Å². The van der Waals surface area contributed by atoms with Crippen molar-refractivity contribution in [2.24, 2.45) is 5.10 Å². The first kappa shape index (κ1) is 20.8. The number of aromatic nitrogens is 1. The van der Waals surface area contributed by atoms with Crippen molar-refractivity contribution >= 4 is 21.6 Å². The largest absolute Gasteiger partial charge is 0.467 e. The Morgan fingerprint density at radius 1 is 1.16 bits per heavy atom. The fourth-order valence-electron chi connectivity index (χ4n) is 3.25. The predicted octanol–water partition coefficient (Wildman–Crippen LogP) is 1.66. The van der Waals surface area contributed by atoms with Crippen LogP contribution in [0.3, 0.4) is 0 Å². The van der Waals surface area contributed by atoms with Gasteiger partial charge in [-0.25, -0.2) is 17.7 Å². The minimum atomic E-state index is -3.76. The number of hydrogen-bond acceptors (Lipinski definition) is 7. The average molecular weight is 444 g/mol. The highest BCUT2D eigenvalue weighted by atomic mass is 32.2. The standard InChI is InChI=1S/C20H20N4O6S/c1-22(2)31(27,28)14-7-8-19(25)23(12-14)13-20(26)24-16(18-6-4-10-30-18)11-15(21-24)17-5-3-9-29-17/h3-10,12,16H,11,13H2,1-2H3/t16-/m1/s1. The highest BCUT2D eigenvalue weighted by molar-refractivity contribution is 7.89. The monoisotopic (exact) mass is 444 g/mol. The molecule has 3 aromatic heterocycles. The van der Waals surface area contributed by atoms with Crippen LogP contribution in [0.4, 0.5) is 0 Å². The summed E-state index contributed by atoms with van der Waals surface area (Å²) in [7, 11) is -0.986. The van der Waals surface area contributed by atoms with E-state index in [0.29, 0.717) is 23.7 Å². The summed E-state index contributed by atoms with van der Waals surface area (Å²) in [6.07, 6.45) is 4.55. The molecule has 0 unspecified atom stereocenters. The van der Waals surface area contributed by atoms with Crippen LogP contribution < -0.4 is 5.56 Å².